The van der Waals surface area contributed by atoms with E-state index in [0.29, 0.717) is 71.0 Å². The summed E-state index contributed by atoms with van der Waals surface area (Å²) in [6, 6.07) is -0.608. The van der Waals surface area contributed by atoms with E-state index in [-0.39, 0.29) is 42.2 Å². The SMILES string of the molecule is C#CC1CC(C(=O)NC(CC2CCC(O)CC2)C(O)CN(CC)NS(=O)(=O)C2CCCCC2)CC(C(=O)N(CCC)CCC)C1. The Kier molecular flexibility index (Phi) is 15.6. The van der Waals surface area contributed by atoms with E-state index in [1.807, 2.05) is 11.8 Å². The number of sulfonamides is 1. The lowest BCUT2D eigenvalue weighted by Gasteiger charge is -2.37. The van der Waals surface area contributed by atoms with Gasteiger partial charge in [0.05, 0.1) is 23.5 Å². The number of amides is 2. The molecular weight excluding hydrogens is 592 g/mol. The van der Waals surface area contributed by atoms with Crippen molar-refractivity contribution in [2.24, 2.45) is 23.7 Å². The molecule has 3 aliphatic rings. The third-order valence-corrected chi connectivity index (χ3v) is 12.1. The second-order valence-corrected chi connectivity index (χ2v) is 15.8. The van der Waals surface area contributed by atoms with Gasteiger partial charge in [-0.05, 0) is 83.0 Å². The van der Waals surface area contributed by atoms with E-state index in [4.69, 9.17) is 6.42 Å². The number of aliphatic hydroxyl groups excluding tert-OH is 2. The molecule has 0 spiro atoms. The fourth-order valence-corrected chi connectivity index (χ4v) is 9.23. The van der Waals surface area contributed by atoms with Gasteiger partial charge in [-0.2, -0.15) is 0 Å². The van der Waals surface area contributed by atoms with Crippen molar-refractivity contribution in [3.8, 4) is 12.3 Å². The molecule has 0 aromatic rings. The summed E-state index contributed by atoms with van der Waals surface area (Å²) < 4.78 is 26.3. The first-order valence-electron chi connectivity index (χ1n) is 17.7. The number of rotatable bonds is 16. The predicted octanol–water partition coefficient (Wildman–Crippen LogP) is 3.58. The molecule has 45 heavy (non-hydrogen) atoms. The van der Waals surface area contributed by atoms with Crippen molar-refractivity contribution in [1.29, 1.82) is 0 Å². The number of carbonyl (C=O) groups is 2. The van der Waals surface area contributed by atoms with Gasteiger partial charge in [-0.25, -0.2) is 13.4 Å². The number of nitrogens with zero attached hydrogens (tertiary/aromatic N) is 2. The summed E-state index contributed by atoms with van der Waals surface area (Å²) in [5.41, 5.74) is 0. The van der Waals surface area contributed by atoms with E-state index in [1.54, 1.807) is 0 Å². The second-order valence-electron chi connectivity index (χ2n) is 13.8. The van der Waals surface area contributed by atoms with E-state index in [1.165, 1.54) is 5.01 Å². The summed E-state index contributed by atoms with van der Waals surface area (Å²) in [5, 5.41) is 25.8. The number of carbonyl (C=O) groups excluding carboxylic acids is 2. The highest BCUT2D eigenvalue weighted by molar-refractivity contribution is 7.90. The Morgan fingerprint density at radius 1 is 0.933 bits per heavy atom. The summed E-state index contributed by atoms with van der Waals surface area (Å²) in [4.78, 5) is 32.0. The number of terminal acetylenes is 1. The molecule has 2 amide bonds. The summed E-state index contributed by atoms with van der Waals surface area (Å²) in [7, 11) is -3.58. The minimum atomic E-state index is -3.58. The standard InChI is InChI=1S/C34H60N4O6S/c1-5-18-37(19-6-2)34(42)28-21-25(7-3)20-27(23-28)33(41)35-31(22-26-14-16-29(39)17-15-26)32(40)24-38(8-4)36-45(43,44)30-12-10-9-11-13-30/h3,25-32,36,39-40H,5-6,8-24H2,1-2,4H3,(H,35,41). The second kappa shape index (κ2) is 18.6. The van der Waals surface area contributed by atoms with Crippen LogP contribution in [-0.2, 0) is 19.6 Å². The first kappa shape index (κ1) is 37.7. The smallest absolute Gasteiger partial charge is 0.227 e. The minimum absolute atomic E-state index is 0.0322. The van der Waals surface area contributed by atoms with E-state index in [0.717, 1.165) is 44.9 Å². The van der Waals surface area contributed by atoms with Gasteiger partial charge < -0.3 is 20.4 Å². The van der Waals surface area contributed by atoms with Gasteiger partial charge in [0.1, 0.15) is 0 Å². The summed E-state index contributed by atoms with van der Waals surface area (Å²) in [5.74, 6) is 1.94. The maximum atomic E-state index is 13.9. The van der Waals surface area contributed by atoms with Crippen molar-refractivity contribution < 1.29 is 28.2 Å². The van der Waals surface area contributed by atoms with Gasteiger partial charge in [0.15, 0.2) is 0 Å². The normalized spacial score (nSPS) is 27.8. The molecule has 0 heterocycles. The molecule has 11 heteroatoms. The highest BCUT2D eigenvalue weighted by Crippen LogP contribution is 2.35. The van der Waals surface area contributed by atoms with E-state index < -0.39 is 33.3 Å². The van der Waals surface area contributed by atoms with Crippen LogP contribution in [0.15, 0.2) is 0 Å². The van der Waals surface area contributed by atoms with Crippen molar-refractivity contribution in [1.82, 2.24) is 20.1 Å². The molecule has 5 unspecified atom stereocenters. The van der Waals surface area contributed by atoms with Crippen LogP contribution >= 0.6 is 0 Å². The molecule has 0 aromatic heterocycles. The first-order valence-corrected chi connectivity index (χ1v) is 19.2. The topological polar surface area (TPSA) is 139 Å². The molecule has 0 saturated heterocycles. The maximum Gasteiger partial charge on any atom is 0.227 e. The number of aliphatic hydroxyl groups is 2. The third-order valence-electron chi connectivity index (χ3n) is 10.2. The fraction of sp³-hybridized carbons (Fsp3) is 0.882. The van der Waals surface area contributed by atoms with Crippen LogP contribution < -0.4 is 10.1 Å². The highest BCUT2D eigenvalue weighted by Gasteiger charge is 2.39. The lowest BCUT2D eigenvalue weighted by Crippen LogP contribution is -2.55. The molecule has 258 valence electrons. The lowest BCUT2D eigenvalue weighted by molar-refractivity contribution is -0.139. The van der Waals surface area contributed by atoms with Gasteiger partial charge in [-0.1, -0.05) is 40.0 Å². The van der Waals surface area contributed by atoms with E-state index >= 15 is 0 Å². The molecular formula is C34H60N4O6S. The zero-order chi connectivity index (χ0) is 33.0. The monoisotopic (exact) mass is 652 g/mol. The third kappa shape index (κ3) is 11.5. The van der Waals surface area contributed by atoms with Gasteiger partial charge in [0.2, 0.25) is 21.8 Å². The summed E-state index contributed by atoms with van der Waals surface area (Å²) in [6.07, 6.45) is 15.4. The highest BCUT2D eigenvalue weighted by atomic mass is 32.2. The van der Waals surface area contributed by atoms with Gasteiger partial charge in [0, 0.05) is 43.9 Å². The van der Waals surface area contributed by atoms with Crippen LogP contribution in [0.5, 0.6) is 0 Å². The van der Waals surface area contributed by atoms with Crippen LogP contribution in [0.4, 0.5) is 0 Å². The van der Waals surface area contributed by atoms with Gasteiger partial charge in [-0.3, -0.25) is 9.59 Å². The zero-order valence-electron chi connectivity index (χ0n) is 28.0. The first-order chi connectivity index (χ1) is 21.5. The number of likely N-dealkylation sites (N-methyl/N-ethyl adjacent to an activating group) is 1. The number of hydrogen-bond donors (Lipinski definition) is 4. The maximum absolute atomic E-state index is 13.9. The van der Waals surface area contributed by atoms with Crippen LogP contribution in [0.1, 0.15) is 117 Å². The van der Waals surface area contributed by atoms with Crippen LogP contribution in [-0.4, -0.2) is 90.0 Å². The number of hydrogen-bond acceptors (Lipinski definition) is 7. The molecule has 3 saturated carbocycles. The average molecular weight is 653 g/mol. The summed E-state index contributed by atoms with van der Waals surface area (Å²) >= 11 is 0. The number of hydrazine groups is 1. The molecule has 0 aliphatic heterocycles. The van der Waals surface area contributed by atoms with Crippen molar-refractivity contribution in [3.05, 3.63) is 0 Å². The quantitative estimate of drug-likeness (QED) is 0.148. The molecule has 0 radical (unpaired) electrons. The van der Waals surface area contributed by atoms with Crippen LogP contribution in [0, 0.1) is 36.0 Å². The Morgan fingerprint density at radius 2 is 1.56 bits per heavy atom. The lowest BCUT2D eigenvalue weighted by atomic mass is 9.74. The molecule has 3 rings (SSSR count). The predicted molar refractivity (Wildman–Crippen MR) is 177 cm³/mol. The molecule has 10 nitrogen and oxygen atoms in total. The van der Waals surface area contributed by atoms with Gasteiger partial charge in [0.25, 0.3) is 0 Å². The molecule has 0 bridgehead atoms. The van der Waals surface area contributed by atoms with Crippen molar-refractivity contribution in [3.63, 3.8) is 0 Å². The van der Waals surface area contributed by atoms with E-state index in [9.17, 15) is 28.2 Å². The fourth-order valence-electron chi connectivity index (χ4n) is 7.57. The Morgan fingerprint density at radius 3 is 2.13 bits per heavy atom. The van der Waals surface area contributed by atoms with Crippen molar-refractivity contribution >= 4 is 21.8 Å². The largest absolute Gasteiger partial charge is 0.393 e. The number of nitrogens with one attached hydrogen (secondary N) is 2. The van der Waals surface area contributed by atoms with Crippen molar-refractivity contribution in [2.45, 2.75) is 141 Å². The van der Waals surface area contributed by atoms with Gasteiger partial charge in [-0.15, -0.1) is 17.2 Å². The van der Waals surface area contributed by atoms with Gasteiger partial charge >= 0.3 is 0 Å². The zero-order valence-corrected chi connectivity index (χ0v) is 28.8. The molecule has 3 aliphatic carbocycles. The Balaban J connectivity index is 1.73. The summed E-state index contributed by atoms with van der Waals surface area (Å²) in [6.45, 7) is 7.71. The molecule has 0 aromatic carbocycles. The molecule has 4 N–H and O–H groups in total. The van der Waals surface area contributed by atoms with E-state index in [2.05, 4.69) is 29.9 Å². The Bertz CT molecular complexity index is 1060. The average Bonchev–Trinajstić information content (AvgIpc) is 3.04. The van der Waals surface area contributed by atoms with Crippen LogP contribution in [0.3, 0.4) is 0 Å². The minimum Gasteiger partial charge on any atom is -0.393 e. The molecule has 5 atom stereocenters. The van der Waals surface area contributed by atoms with Crippen LogP contribution in [0.25, 0.3) is 0 Å². The van der Waals surface area contributed by atoms with Crippen LogP contribution in [0.2, 0.25) is 0 Å². The molecule has 3 fully saturated rings. The Hall–Kier alpha value is -1.71. The Labute approximate surface area is 272 Å². The van der Waals surface area contributed by atoms with Crippen molar-refractivity contribution in [2.75, 3.05) is 26.2 Å².